The maximum atomic E-state index is 6.92. The van der Waals surface area contributed by atoms with Gasteiger partial charge in [-0.3, -0.25) is 0 Å². The van der Waals surface area contributed by atoms with Crippen molar-refractivity contribution in [3.63, 3.8) is 0 Å². The van der Waals surface area contributed by atoms with Gasteiger partial charge in [0.05, 0.1) is 0 Å². The van der Waals surface area contributed by atoms with Gasteiger partial charge in [0.2, 0.25) is 0 Å². The Balaban J connectivity index is 2.06. The lowest BCUT2D eigenvalue weighted by atomic mass is 9.93. The van der Waals surface area contributed by atoms with Crippen LogP contribution in [-0.4, -0.2) is 7.38 Å². The molecule has 2 heteroatoms. The summed E-state index contributed by atoms with van der Waals surface area (Å²) in [6.07, 6.45) is 15.0. The lowest BCUT2D eigenvalue weighted by molar-refractivity contribution is 0.770. The van der Waals surface area contributed by atoms with E-state index in [0.29, 0.717) is 11.5 Å². The highest BCUT2D eigenvalue weighted by Gasteiger charge is 2.39. The first-order valence-electron chi connectivity index (χ1n) is 8.39. The van der Waals surface area contributed by atoms with E-state index in [9.17, 15) is 0 Å². The Morgan fingerprint density at radius 3 is 2.41 bits per heavy atom. The largest absolute Gasteiger partial charge is 0.167 e. The maximum Gasteiger partial charge on any atom is 0.161 e. The van der Waals surface area contributed by atoms with Crippen LogP contribution in [-0.2, 0) is 0 Å². The molecule has 2 aliphatic rings. The number of benzene rings is 1. The SMILES string of the molecule is CCCCC1=Cc2c(C3C=CC=C3)cccc2C1[Si](C)(C)Cl. The molecule has 0 aromatic heterocycles. The van der Waals surface area contributed by atoms with Gasteiger partial charge >= 0.3 is 0 Å². The van der Waals surface area contributed by atoms with E-state index in [0.717, 1.165) is 0 Å². The molecule has 1 aromatic carbocycles. The molecule has 0 spiro atoms. The molecule has 0 fully saturated rings. The summed E-state index contributed by atoms with van der Waals surface area (Å²) >= 11 is 6.92. The first-order valence-corrected chi connectivity index (χ1v) is 12.5. The second-order valence-corrected chi connectivity index (χ2v) is 13.6. The molecule has 0 heterocycles. The van der Waals surface area contributed by atoms with Crippen molar-refractivity contribution < 1.29 is 0 Å². The third-order valence-electron chi connectivity index (χ3n) is 4.80. The molecule has 1 unspecified atom stereocenters. The van der Waals surface area contributed by atoms with Crippen molar-refractivity contribution >= 4 is 24.5 Å². The average Bonchev–Trinajstić information content (AvgIpc) is 3.10. The molecule has 0 aliphatic heterocycles. The minimum absolute atomic E-state index is 0.428. The highest BCUT2D eigenvalue weighted by atomic mass is 35.6. The fourth-order valence-electron chi connectivity index (χ4n) is 3.83. The van der Waals surface area contributed by atoms with Gasteiger partial charge in [-0.2, -0.15) is 11.1 Å². The Morgan fingerprint density at radius 2 is 1.77 bits per heavy atom. The summed E-state index contributed by atoms with van der Waals surface area (Å²) < 4.78 is 0. The standard InChI is InChI=1S/C20H25ClSi/c1-4-5-9-16-14-19-17(15-10-6-7-11-15)12-8-13-18(19)20(16)22(2,3)21/h6-8,10-15,20H,4-5,9H2,1-3H3. The van der Waals surface area contributed by atoms with E-state index < -0.39 is 7.38 Å². The zero-order chi connectivity index (χ0) is 15.7. The molecule has 0 saturated heterocycles. The van der Waals surface area contributed by atoms with E-state index in [4.69, 9.17) is 11.1 Å². The minimum Gasteiger partial charge on any atom is -0.167 e. The molecule has 1 atom stereocenters. The fraction of sp³-hybridized carbons (Fsp3) is 0.400. The summed E-state index contributed by atoms with van der Waals surface area (Å²) in [6.45, 7) is 6.84. The summed E-state index contributed by atoms with van der Waals surface area (Å²) in [4.78, 5) is 0. The van der Waals surface area contributed by atoms with Crippen LogP contribution >= 0.6 is 11.1 Å². The van der Waals surface area contributed by atoms with Crippen LogP contribution in [0.15, 0.2) is 48.1 Å². The van der Waals surface area contributed by atoms with Crippen LogP contribution in [0.4, 0.5) is 0 Å². The molecule has 0 radical (unpaired) electrons. The Bertz CT molecular complexity index is 634. The van der Waals surface area contributed by atoms with Gasteiger partial charge in [-0.1, -0.05) is 80.6 Å². The van der Waals surface area contributed by atoms with Crippen molar-refractivity contribution in [1.82, 2.24) is 0 Å². The van der Waals surface area contributed by atoms with Crippen molar-refractivity contribution in [2.45, 2.75) is 50.7 Å². The second kappa shape index (κ2) is 6.21. The van der Waals surface area contributed by atoms with Gasteiger partial charge in [0.25, 0.3) is 0 Å². The zero-order valence-electron chi connectivity index (χ0n) is 13.8. The lowest BCUT2D eigenvalue weighted by Crippen LogP contribution is -2.28. The predicted octanol–water partition coefficient (Wildman–Crippen LogP) is 6.55. The average molecular weight is 329 g/mol. The van der Waals surface area contributed by atoms with Gasteiger partial charge in [0.15, 0.2) is 7.38 Å². The third-order valence-corrected chi connectivity index (χ3v) is 7.51. The van der Waals surface area contributed by atoms with Gasteiger partial charge < -0.3 is 0 Å². The molecular weight excluding hydrogens is 304 g/mol. The van der Waals surface area contributed by atoms with Gasteiger partial charge in [-0.15, -0.1) is 0 Å². The second-order valence-electron chi connectivity index (χ2n) is 6.97. The number of allylic oxidation sites excluding steroid dienone is 5. The summed E-state index contributed by atoms with van der Waals surface area (Å²) in [5, 5.41) is 0. The van der Waals surface area contributed by atoms with Crippen LogP contribution in [0.5, 0.6) is 0 Å². The van der Waals surface area contributed by atoms with Crippen molar-refractivity contribution in [3.05, 3.63) is 64.8 Å². The molecule has 0 N–H and O–H groups in total. The van der Waals surface area contributed by atoms with Crippen LogP contribution in [0.25, 0.3) is 6.08 Å². The highest BCUT2D eigenvalue weighted by Crippen LogP contribution is 2.47. The van der Waals surface area contributed by atoms with E-state index in [2.05, 4.69) is 68.6 Å². The Hall–Kier alpha value is -1.05. The van der Waals surface area contributed by atoms with Crippen molar-refractivity contribution in [2.24, 2.45) is 0 Å². The molecule has 0 bridgehead atoms. The fourth-order valence-corrected chi connectivity index (χ4v) is 6.70. The minimum atomic E-state index is -1.78. The number of fused-ring (bicyclic) bond motifs is 1. The summed E-state index contributed by atoms with van der Waals surface area (Å²) in [5.41, 5.74) is 6.41. The van der Waals surface area contributed by atoms with E-state index in [-0.39, 0.29) is 0 Å². The Labute approximate surface area is 140 Å². The van der Waals surface area contributed by atoms with Crippen molar-refractivity contribution in [3.8, 4) is 0 Å². The predicted molar refractivity (Wildman–Crippen MR) is 101 cm³/mol. The number of hydrogen-bond acceptors (Lipinski definition) is 0. The van der Waals surface area contributed by atoms with Gasteiger partial charge in [0, 0.05) is 11.5 Å². The van der Waals surface area contributed by atoms with Crippen LogP contribution in [0.2, 0.25) is 13.1 Å². The van der Waals surface area contributed by atoms with Crippen molar-refractivity contribution in [1.29, 1.82) is 0 Å². The van der Waals surface area contributed by atoms with Crippen LogP contribution in [0, 0.1) is 0 Å². The van der Waals surface area contributed by atoms with Gasteiger partial charge in [0.1, 0.15) is 0 Å². The quantitative estimate of drug-likeness (QED) is 0.424. The molecular formula is C20H25ClSi. The number of hydrogen-bond donors (Lipinski definition) is 0. The summed E-state index contributed by atoms with van der Waals surface area (Å²) in [7, 11) is -1.78. The van der Waals surface area contributed by atoms with Crippen LogP contribution in [0.3, 0.4) is 0 Å². The van der Waals surface area contributed by atoms with Crippen LogP contribution < -0.4 is 0 Å². The summed E-state index contributed by atoms with van der Waals surface area (Å²) in [5.74, 6) is 0.428. The molecule has 2 aliphatic carbocycles. The molecule has 0 saturated carbocycles. The number of rotatable bonds is 5. The van der Waals surface area contributed by atoms with Crippen molar-refractivity contribution in [2.75, 3.05) is 0 Å². The van der Waals surface area contributed by atoms with E-state index in [1.807, 2.05) is 0 Å². The van der Waals surface area contributed by atoms with Gasteiger partial charge in [-0.05, 0) is 29.5 Å². The topological polar surface area (TPSA) is 0 Å². The maximum absolute atomic E-state index is 6.92. The molecule has 0 amide bonds. The highest BCUT2D eigenvalue weighted by molar-refractivity contribution is 7.20. The molecule has 116 valence electrons. The van der Waals surface area contributed by atoms with Gasteiger partial charge in [-0.25, -0.2) is 0 Å². The monoisotopic (exact) mass is 328 g/mol. The number of unbranched alkanes of at least 4 members (excludes halogenated alkanes) is 1. The molecule has 3 rings (SSSR count). The summed E-state index contributed by atoms with van der Waals surface area (Å²) in [6, 6.07) is 6.80. The molecule has 1 aromatic rings. The molecule has 0 nitrogen and oxygen atoms in total. The van der Waals surface area contributed by atoms with E-state index in [1.165, 1.54) is 36.0 Å². The smallest absolute Gasteiger partial charge is 0.161 e. The van der Waals surface area contributed by atoms with Crippen LogP contribution in [0.1, 0.15) is 54.3 Å². The first kappa shape index (κ1) is 15.8. The first-order chi connectivity index (χ1) is 10.5. The Kier molecular flexibility index (Phi) is 4.47. The zero-order valence-corrected chi connectivity index (χ0v) is 15.5. The Morgan fingerprint density at radius 1 is 1.09 bits per heavy atom. The molecule has 22 heavy (non-hydrogen) atoms. The van der Waals surface area contributed by atoms with E-state index >= 15 is 0 Å². The third kappa shape index (κ3) is 2.89. The lowest BCUT2D eigenvalue weighted by Gasteiger charge is -2.27. The normalized spacial score (nSPS) is 20.5. The number of halogens is 1. The van der Waals surface area contributed by atoms with E-state index in [1.54, 1.807) is 5.57 Å².